The first-order valence-electron chi connectivity index (χ1n) is 4.75. The molecule has 1 saturated heterocycles. The number of nitrogens with one attached hydrogen (secondary N) is 1. The van der Waals surface area contributed by atoms with E-state index < -0.39 is 5.79 Å². The van der Waals surface area contributed by atoms with Gasteiger partial charge in [0.25, 0.3) is 0 Å². The minimum atomic E-state index is -0.762. The summed E-state index contributed by atoms with van der Waals surface area (Å²) < 4.78 is 10.5. The molecule has 5 nitrogen and oxygen atoms in total. The fourth-order valence-corrected chi connectivity index (χ4v) is 1.71. The molecule has 0 radical (unpaired) electrons. The van der Waals surface area contributed by atoms with Gasteiger partial charge >= 0.3 is 0 Å². The van der Waals surface area contributed by atoms with Gasteiger partial charge in [-0.25, -0.2) is 0 Å². The zero-order valence-electron chi connectivity index (χ0n) is 8.71. The third kappa shape index (κ3) is 2.43. The van der Waals surface area contributed by atoms with E-state index >= 15 is 0 Å². The number of ether oxygens (including phenoxy) is 2. The van der Waals surface area contributed by atoms with E-state index in [4.69, 9.17) is 15.2 Å². The first kappa shape index (κ1) is 11.4. The molecule has 0 aromatic heterocycles. The van der Waals surface area contributed by atoms with E-state index in [1.54, 1.807) is 14.2 Å². The van der Waals surface area contributed by atoms with Gasteiger partial charge in [-0.05, 0) is 6.42 Å². The van der Waals surface area contributed by atoms with Crippen molar-refractivity contribution in [1.29, 1.82) is 0 Å². The maximum Gasteiger partial charge on any atom is 0.220 e. The molecule has 14 heavy (non-hydrogen) atoms. The summed E-state index contributed by atoms with van der Waals surface area (Å²) in [7, 11) is 3.13. The van der Waals surface area contributed by atoms with Crippen LogP contribution in [0.1, 0.15) is 19.3 Å². The smallest absolute Gasteiger partial charge is 0.220 e. The second-order valence-corrected chi connectivity index (χ2v) is 3.53. The van der Waals surface area contributed by atoms with E-state index in [9.17, 15) is 4.79 Å². The van der Waals surface area contributed by atoms with Crippen LogP contribution in [0.15, 0.2) is 0 Å². The first-order chi connectivity index (χ1) is 6.65. The molecule has 0 aromatic rings. The maximum atomic E-state index is 11.0. The standard InChI is InChI=1S/C9H18N2O3/c1-13-9(6-10,14-2)5-7-3-4-8(12)11-7/h7H,3-6,10H2,1-2H3,(H,11,12)/t7-/m0/s1. The van der Waals surface area contributed by atoms with Crippen molar-refractivity contribution >= 4 is 5.91 Å². The van der Waals surface area contributed by atoms with Crippen LogP contribution in [0.5, 0.6) is 0 Å². The Morgan fingerprint density at radius 1 is 1.57 bits per heavy atom. The van der Waals surface area contributed by atoms with Crippen LogP contribution in [0.2, 0.25) is 0 Å². The number of rotatable bonds is 5. The molecule has 1 rings (SSSR count). The van der Waals surface area contributed by atoms with Gasteiger partial charge < -0.3 is 20.5 Å². The minimum absolute atomic E-state index is 0.0909. The molecule has 0 bridgehead atoms. The highest BCUT2D eigenvalue weighted by atomic mass is 16.7. The Labute approximate surface area is 83.9 Å². The number of hydrogen-bond donors (Lipinski definition) is 2. The monoisotopic (exact) mass is 202 g/mol. The summed E-state index contributed by atoms with van der Waals surface area (Å²) in [6, 6.07) is 0.117. The van der Waals surface area contributed by atoms with Crippen molar-refractivity contribution in [3.05, 3.63) is 0 Å². The third-order valence-electron chi connectivity index (χ3n) is 2.70. The Balaban J connectivity index is 2.51. The molecular weight excluding hydrogens is 184 g/mol. The average Bonchev–Trinajstić information content (AvgIpc) is 2.61. The van der Waals surface area contributed by atoms with Gasteiger partial charge in [-0.2, -0.15) is 0 Å². The van der Waals surface area contributed by atoms with E-state index in [1.807, 2.05) is 0 Å². The summed E-state index contributed by atoms with van der Waals surface area (Å²) >= 11 is 0. The van der Waals surface area contributed by atoms with Crippen molar-refractivity contribution < 1.29 is 14.3 Å². The highest BCUT2D eigenvalue weighted by Crippen LogP contribution is 2.21. The van der Waals surface area contributed by atoms with Gasteiger partial charge in [0.05, 0.1) is 0 Å². The van der Waals surface area contributed by atoms with Gasteiger partial charge in [-0.15, -0.1) is 0 Å². The van der Waals surface area contributed by atoms with Gasteiger partial charge in [-0.1, -0.05) is 0 Å². The van der Waals surface area contributed by atoms with Crippen LogP contribution in [-0.4, -0.2) is 38.5 Å². The van der Waals surface area contributed by atoms with Crippen LogP contribution >= 0.6 is 0 Å². The number of carbonyl (C=O) groups is 1. The lowest BCUT2D eigenvalue weighted by atomic mass is 10.0. The van der Waals surface area contributed by atoms with E-state index in [1.165, 1.54) is 0 Å². The first-order valence-corrected chi connectivity index (χ1v) is 4.75. The lowest BCUT2D eigenvalue weighted by molar-refractivity contribution is -0.206. The van der Waals surface area contributed by atoms with Crippen LogP contribution < -0.4 is 11.1 Å². The van der Waals surface area contributed by atoms with Gasteiger partial charge in [-0.3, -0.25) is 4.79 Å². The molecule has 5 heteroatoms. The molecular formula is C9H18N2O3. The Hall–Kier alpha value is -0.650. The normalized spacial score (nSPS) is 22.5. The summed E-state index contributed by atoms with van der Waals surface area (Å²) in [5, 5.41) is 2.86. The SMILES string of the molecule is COC(CN)(C[C@@H]1CCC(=O)N1)OC. The Morgan fingerprint density at radius 2 is 2.21 bits per heavy atom. The maximum absolute atomic E-state index is 11.0. The van der Waals surface area contributed by atoms with Crippen molar-refractivity contribution in [2.24, 2.45) is 5.73 Å². The Kier molecular flexibility index (Phi) is 3.86. The predicted molar refractivity (Wildman–Crippen MR) is 51.6 cm³/mol. The van der Waals surface area contributed by atoms with Crippen molar-refractivity contribution in [3.8, 4) is 0 Å². The second kappa shape index (κ2) is 4.72. The van der Waals surface area contributed by atoms with Crippen LogP contribution in [0.4, 0.5) is 0 Å². The number of methoxy groups -OCH3 is 2. The largest absolute Gasteiger partial charge is 0.353 e. The number of nitrogens with two attached hydrogens (primary N) is 1. The molecule has 0 aromatic carbocycles. The van der Waals surface area contributed by atoms with Gasteiger partial charge in [0.15, 0.2) is 5.79 Å². The van der Waals surface area contributed by atoms with E-state index in [0.29, 0.717) is 12.8 Å². The minimum Gasteiger partial charge on any atom is -0.353 e. The highest BCUT2D eigenvalue weighted by Gasteiger charge is 2.34. The zero-order valence-corrected chi connectivity index (χ0v) is 8.71. The van der Waals surface area contributed by atoms with Gasteiger partial charge in [0.2, 0.25) is 5.91 Å². The van der Waals surface area contributed by atoms with Crippen molar-refractivity contribution in [2.75, 3.05) is 20.8 Å². The van der Waals surface area contributed by atoms with E-state index in [0.717, 1.165) is 6.42 Å². The van der Waals surface area contributed by atoms with Gasteiger partial charge in [0.1, 0.15) is 0 Å². The summed E-state index contributed by atoms with van der Waals surface area (Å²) in [5.74, 6) is -0.671. The number of carbonyl (C=O) groups excluding carboxylic acids is 1. The zero-order chi connectivity index (χ0) is 10.6. The second-order valence-electron chi connectivity index (χ2n) is 3.53. The molecule has 1 aliphatic rings. The molecule has 0 saturated carbocycles. The molecule has 1 heterocycles. The molecule has 3 N–H and O–H groups in total. The average molecular weight is 202 g/mol. The van der Waals surface area contributed by atoms with Crippen LogP contribution in [0.25, 0.3) is 0 Å². The molecule has 1 amide bonds. The highest BCUT2D eigenvalue weighted by molar-refractivity contribution is 5.78. The van der Waals surface area contributed by atoms with Gasteiger partial charge in [0, 0.05) is 39.6 Å². The molecule has 82 valence electrons. The Bertz CT molecular complexity index is 196. The quantitative estimate of drug-likeness (QED) is 0.595. The molecule has 1 aliphatic heterocycles. The molecule has 1 atom stereocenters. The van der Waals surface area contributed by atoms with Crippen molar-refractivity contribution in [1.82, 2.24) is 5.32 Å². The molecule has 0 aliphatic carbocycles. The number of hydrogen-bond acceptors (Lipinski definition) is 4. The lowest BCUT2D eigenvalue weighted by Crippen LogP contribution is -2.46. The van der Waals surface area contributed by atoms with E-state index in [-0.39, 0.29) is 18.5 Å². The number of amides is 1. The predicted octanol–water partition coefficient (Wildman–Crippen LogP) is -0.397. The van der Waals surface area contributed by atoms with Crippen molar-refractivity contribution in [3.63, 3.8) is 0 Å². The molecule has 1 fully saturated rings. The van der Waals surface area contributed by atoms with E-state index in [2.05, 4.69) is 5.32 Å². The summed E-state index contributed by atoms with van der Waals surface area (Å²) in [6.45, 7) is 0.284. The van der Waals surface area contributed by atoms with Crippen LogP contribution in [0, 0.1) is 0 Å². The fraction of sp³-hybridized carbons (Fsp3) is 0.889. The molecule has 0 spiro atoms. The summed E-state index contributed by atoms with van der Waals surface area (Å²) in [6.07, 6.45) is 2.01. The third-order valence-corrected chi connectivity index (χ3v) is 2.70. The van der Waals surface area contributed by atoms with Crippen LogP contribution in [0.3, 0.4) is 0 Å². The molecule has 0 unspecified atom stereocenters. The summed E-state index contributed by atoms with van der Waals surface area (Å²) in [5.41, 5.74) is 5.58. The Morgan fingerprint density at radius 3 is 2.57 bits per heavy atom. The summed E-state index contributed by atoms with van der Waals surface area (Å²) in [4.78, 5) is 11.0. The van der Waals surface area contributed by atoms with Crippen molar-refractivity contribution in [2.45, 2.75) is 31.1 Å². The van der Waals surface area contributed by atoms with Crippen LogP contribution in [-0.2, 0) is 14.3 Å². The fourth-order valence-electron chi connectivity index (χ4n) is 1.71. The lowest BCUT2D eigenvalue weighted by Gasteiger charge is -2.31. The topological polar surface area (TPSA) is 73.6 Å².